The summed E-state index contributed by atoms with van der Waals surface area (Å²) in [5, 5.41) is 29.3. The van der Waals surface area contributed by atoms with Gasteiger partial charge in [-0.3, -0.25) is 0 Å². The van der Waals surface area contributed by atoms with Crippen molar-refractivity contribution in [3.8, 4) is 23.0 Å². The molecule has 0 aromatic heterocycles. The van der Waals surface area contributed by atoms with Gasteiger partial charge in [-0.25, -0.2) is 0 Å². The fourth-order valence-corrected chi connectivity index (χ4v) is 2.69. The van der Waals surface area contributed by atoms with Crippen LogP contribution in [0.5, 0.6) is 23.0 Å². The van der Waals surface area contributed by atoms with Gasteiger partial charge in [0.2, 0.25) is 0 Å². The van der Waals surface area contributed by atoms with Crippen LogP contribution in [0.25, 0.3) is 6.08 Å². The Bertz CT molecular complexity index is 788. The Balaban J connectivity index is 2.25. The summed E-state index contributed by atoms with van der Waals surface area (Å²) in [5.41, 5.74) is 1.33. The molecule has 0 bridgehead atoms. The Labute approximate surface area is 164 Å². The lowest BCUT2D eigenvalue weighted by atomic mass is 10.0. The van der Waals surface area contributed by atoms with Crippen molar-refractivity contribution in [2.75, 3.05) is 34.5 Å². The molecular formula is C21H26O7. The van der Waals surface area contributed by atoms with Crippen LogP contribution in [0.4, 0.5) is 0 Å². The van der Waals surface area contributed by atoms with E-state index >= 15 is 0 Å². The Morgan fingerprint density at radius 2 is 1.50 bits per heavy atom. The number of aliphatic hydroxyl groups is 3. The average molecular weight is 390 g/mol. The molecule has 7 heteroatoms. The van der Waals surface area contributed by atoms with Crippen LogP contribution in [0.1, 0.15) is 17.2 Å². The molecule has 0 saturated heterocycles. The van der Waals surface area contributed by atoms with Crippen molar-refractivity contribution < 1.29 is 34.3 Å². The maximum absolute atomic E-state index is 10.7. The first-order valence-corrected chi connectivity index (χ1v) is 8.70. The summed E-state index contributed by atoms with van der Waals surface area (Å²) in [4.78, 5) is 0. The summed E-state index contributed by atoms with van der Waals surface area (Å²) in [5.74, 6) is 1.82. The van der Waals surface area contributed by atoms with Crippen molar-refractivity contribution in [2.45, 2.75) is 12.2 Å². The molecule has 0 heterocycles. The molecule has 1 unspecified atom stereocenters. The molecule has 0 fully saturated rings. The highest BCUT2D eigenvalue weighted by Gasteiger charge is 2.24. The predicted molar refractivity (Wildman–Crippen MR) is 105 cm³/mol. The van der Waals surface area contributed by atoms with Crippen LogP contribution in [0, 0.1) is 0 Å². The summed E-state index contributed by atoms with van der Waals surface area (Å²) in [6.07, 6.45) is 1.32. The molecule has 2 atom stereocenters. The minimum absolute atomic E-state index is 0.0648. The van der Waals surface area contributed by atoms with Crippen LogP contribution in [-0.2, 0) is 0 Å². The van der Waals surface area contributed by atoms with Gasteiger partial charge < -0.3 is 34.3 Å². The van der Waals surface area contributed by atoms with Crippen LogP contribution < -0.4 is 18.9 Å². The van der Waals surface area contributed by atoms with Crippen molar-refractivity contribution >= 4 is 6.08 Å². The van der Waals surface area contributed by atoms with Crippen molar-refractivity contribution in [1.82, 2.24) is 0 Å². The normalized spacial score (nSPS) is 13.2. The lowest BCUT2D eigenvalue weighted by Crippen LogP contribution is -2.29. The molecule has 0 aliphatic carbocycles. The molecule has 0 amide bonds. The largest absolute Gasteiger partial charge is 0.493 e. The first-order valence-electron chi connectivity index (χ1n) is 8.70. The zero-order valence-corrected chi connectivity index (χ0v) is 16.2. The number of rotatable bonds is 10. The number of aliphatic hydroxyl groups excluding tert-OH is 3. The molecule has 0 spiro atoms. The molecule has 28 heavy (non-hydrogen) atoms. The maximum Gasteiger partial charge on any atom is 0.161 e. The van der Waals surface area contributed by atoms with E-state index in [-0.39, 0.29) is 6.61 Å². The van der Waals surface area contributed by atoms with E-state index in [0.717, 1.165) is 5.56 Å². The molecule has 2 rings (SSSR count). The molecule has 152 valence electrons. The van der Waals surface area contributed by atoms with E-state index in [1.807, 2.05) is 0 Å². The first kappa shape index (κ1) is 21.6. The second kappa shape index (κ2) is 10.6. The Morgan fingerprint density at radius 3 is 2.11 bits per heavy atom. The molecule has 2 aromatic carbocycles. The van der Waals surface area contributed by atoms with Gasteiger partial charge in [-0.1, -0.05) is 24.3 Å². The predicted octanol–water partition coefficient (Wildman–Crippen LogP) is 2.19. The number of hydrogen-bond donors (Lipinski definition) is 3. The van der Waals surface area contributed by atoms with Gasteiger partial charge in [-0.15, -0.1) is 0 Å². The summed E-state index contributed by atoms with van der Waals surface area (Å²) >= 11 is 0. The highest BCUT2D eigenvalue weighted by atomic mass is 16.5. The average Bonchev–Trinajstić information content (AvgIpc) is 2.75. The lowest BCUT2D eigenvalue weighted by molar-refractivity contribution is -0.000517. The van der Waals surface area contributed by atoms with Gasteiger partial charge in [0.15, 0.2) is 29.1 Å². The monoisotopic (exact) mass is 390 g/mol. The Kier molecular flexibility index (Phi) is 8.13. The zero-order chi connectivity index (χ0) is 20.5. The third-order valence-corrected chi connectivity index (χ3v) is 4.16. The summed E-state index contributed by atoms with van der Waals surface area (Å²) in [7, 11) is 4.53. The van der Waals surface area contributed by atoms with Crippen molar-refractivity contribution in [1.29, 1.82) is 0 Å². The third kappa shape index (κ3) is 5.16. The van der Waals surface area contributed by atoms with Gasteiger partial charge in [0.05, 0.1) is 34.5 Å². The Morgan fingerprint density at radius 1 is 0.857 bits per heavy atom. The lowest BCUT2D eigenvalue weighted by Gasteiger charge is -2.24. The summed E-state index contributed by atoms with van der Waals surface area (Å²) in [6, 6.07) is 10.2. The van der Waals surface area contributed by atoms with E-state index in [1.54, 1.807) is 48.6 Å². The van der Waals surface area contributed by atoms with Gasteiger partial charge in [-0.05, 0) is 35.4 Å². The van der Waals surface area contributed by atoms with Crippen LogP contribution in [-0.4, -0.2) is 56.0 Å². The highest BCUT2D eigenvalue weighted by Crippen LogP contribution is 2.34. The van der Waals surface area contributed by atoms with E-state index in [0.29, 0.717) is 28.6 Å². The minimum Gasteiger partial charge on any atom is -0.493 e. The van der Waals surface area contributed by atoms with Gasteiger partial charge in [0.25, 0.3) is 0 Å². The molecular weight excluding hydrogens is 364 g/mol. The quantitative estimate of drug-likeness (QED) is 0.572. The maximum atomic E-state index is 10.7. The first-order chi connectivity index (χ1) is 13.6. The number of hydrogen-bond acceptors (Lipinski definition) is 7. The van der Waals surface area contributed by atoms with Crippen molar-refractivity contribution in [2.24, 2.45) is 0 Å². The summed E-state index contributed by atoms with van der Waals surface area (Å²) in [6.45, 7) is -0.477. The fourth-order valence-electron chi connectivity index (χ4n) is 2.69. The molecule has 0 aliphatic rings. The van der Waals surface area contributed by atoms with E-state index < -0.39 is 18.8 Å². The zero-order valence-electron chi connectivity index (χ0n) is 16.2. The van der Waals surface area contributed by atoms with E-state index in [9.17, 15) is 10.2 Å². The molecule has 0 aliphatic heterocycles. The van der Waals surface area contributed by atoms with Crippen LogP contribution in [0.3, 0.4) is 0 Å². The summed E-state index contributed by atoms with van der Waals surface area (Å²) < 4.78 is 21.6. The SMILES string of the molecule is COc1ccc(C(O)[C@@H](CO)Oc2ccc(/C=C/CO)cc2OC)cc1OC. The van der Waals surface area contributed by atoms with E-state index in [4.69, 9.17) is 24.1 Å². The third-order valence-electron chi connectivity index (χ3n) is 4.16. The second-order valence-electron chi connectivity index (χ2n) is 5.89. The minimum atomic E-state index is -1.11. The molecule has 7 nitrogen and oxygen atoms in total. The number of methoxy groups -OCH3 is 3. The van der Waals surface area contributed by atoms with Crippen molar-refractivity contribution in [3.63, 3.8) is 0 Å². The fraction of sp³-hybridized carbons (Fsp3) is 0.333. The molecule has 2 aromatic rings. The van der Waals surface area contributed by atoms with Gasteiger partial charge in [0, 0.05) is 0 Å². The van der Waals surface area contributed by atoms with Crippen LogP contribution >= 0.6 is 0 Å². The van der Waals surface area contributed by atoms with Crippen LogP contribution in [0.2, 0.25) is 0 Å². The topological polar surface area (TPSA) is 97.6 Å². The standard InChI is InChI=1S/C21H26O7/c1-25-16-9-7-15(12-19(16)27-3)21(24)20(13-23)28-17-8-6-14(5-4-10-22)11-18(17)26-2/h4-9,11-12,20-24H,10,13H2,1-3H3/b5-4+/t20-,21?/m1/s1. The molecule has 0 saturated carbocycles. The van der Waals surface area contributed by atoms with Gasteiger partial charge in [-0.2, -0.15) is 0 Å². The highest BCUT2D eigenvalue weighted by molar-refractivity contribution is 5.56. The number of benzene rings is 2. The second-order valence-corrected chi connectivity index (χ2v) is 5.89. The number of ether oxygens (including phenoxy) is 4. The van der Waals surface area contributed by atoms with Crippen LogP contribution in [0.15, 0.2) is 42.5 Å². The van der Waals surface area contributed by atoms with Gasteiger partial charge in [0.1, 0.15) is 6.10 Å². The molecule has 3 N–H and O–H groups in total. The van der Waals surface area contributed by atoms with E-state index in [2.05, 4.69) is 0 Å². The molecule has 0 radical (unpaired) electrons. The smallest absolute Gasteiger partial charge is 0.161 e. The van der Waals surface area contributed by atoms with Gasteiger partial charge >= 0.3 is 0 Å². The van der Waals surface area contributed by atoms with E-state index in [1.165, 1.54) is 21.3 Å². The van der Waals surface area contributed by atoms with Crippen molar-refractivity contribution in [3.05, 3.63) is 53.6 Å². The Hall–Kier alpha value is -2.74.